The summed E-state index contributed by atoms with van der Waals surface area (Å²) in [6, 6.07) is 15.9. The lowest BCUT2D eigenvalue weighted by atomic mass is 10.1. The minimum Gasteiger partial charge on any atom is -0.383 e. The Hall–Kier alpha value is -2.54. The summed E-state index contributed by atoms with van der Waals surface area (Å²) < 4.78 is 27.2. The molecule has 146 valence electrons. The molecule has 7 heteroatoms. The lowest BCUT2D eigenvalue weighted by Crippen LogP contribution is -2.35. The summed E-state index contributed by atoms with van der Waals surface area (Å²) in [6.45, 7) is 5.28. The molecule has 0 aromatic heterocycles. The van der Waals surface area contributed by atoms with Gasteiger partial charge in [-0.05, 0) is 42.2 Å². The van der Waals surface area contributed by atoms with Gasteiger partial charge in [0.25, 0.3) is 0 Å². The number of benzene rings is 2. The second-order valence-corrected chi connectivity index (χ2v) is 8.41. The third-order valence-corrected chi connectivity index (χ3v) is 4.33. The zero-order valence-electron chi connectivity index (χ0n) is 15.9. The molecular formula is C20H26N2O4S. The predicted octanol–water partition coefficient (Wildman–Crippen LogP) is 4.11. The van der Waals surface area contributed by atoms with Crippen LogP contribution in [0.4, 0.5) is 10.5 Å². The molecule has 2 aromatic rings. The summed E-state index contributed by atoms with van der Waals surface area (Å²) in [7, 11) is -3.55. The highest BCUT2D eigenvalue weighted by Gasteiger charge is 2.15. The molecule has 0 fully saturated rings. The van der Waals surface area contributed by atoms with Crippen LogP contribution in [-0.2, 0) is 16.7 Å². The van der Waals surface area contributed by atoms with Gasteiger partial charge in [0, 0.05) is 18.8 Å². The summed E-state index contributed by atoms with van der Waals surface area (Å²) in [4.78, 5) is 14.4. The van der Waals surface area contributed by atoms with Crippen LogP contribution in [-0.4, -0.2) is 32.1 Å². The van der Waals surface area contributed by atoms with E-state index in [0.29, 0.717) is 19.0 Å². The van der Waals surface area contributed by atoms with Crippen LogP contribution >= 0.6 is 0 Å². The van der Waals surface area contributed by atoms with Crippen molar-refractivity contribution in [3.8, 4) is 5.75 Å². The fraction of sp³-hybridized carbons (Fsp3) is 0.350. The van der Waals surface area contributed by atoms with Crippen LogP contribution in [0.2, 0.25) is 0 Å². The highest BCUT2D eigenvalue weighted by molar-refractivity contribution is 7.86. The lowest BCUT2D eigenvalue weighted by molar-refractivity contribution is 0.205. The van der Waals surface area contributed by atoms with Crippen molar-refractivity contribution in [2.75, 3.05) is 18.1 Å². The molecule has 2 aromatic carbocycles. The van der Waals surface area contributed by atoms with Crippen molar-refractivity contribution < 1.29 is 17.4 Å². The van der Waals surface area contributed by atoms with Crippen LogP contribution in [0.5, 0.6) is 5.75 Å². The van der Waals surface area contributed by atoms with Crippen LogP contribution < -0.4 is 9.50 Å². The van der Waals surface area contributed by atoms with E-state index in [0.717, 1.165) is 23.9 Å². The molecule has 0 radical (unpaired) electrons. The van der Waals surface area contributed by atoms with Gasteiger partial charge in [-0.25, -0.2) is 4.79 Å². The number of nitrogens with one attached hydrogen (secondary N) is 1. The molecule has 1 N–H and O–H groups in total. The minimum atomic E-state index is -3.55. The van der Waals surface area contributed by atoms with Crippen molar-refractivity contribution in [2.45, 2.75) is 26.8 Å². The predicted molar refractivity (Wildman–Crippen MR) is 107 cm³/mol. The number of anilines is 1. The summed E-state index contributed by atoms with van der Waals surface area (Å²) in [5.74, 6) is 0.728. The van der Waals surface area contributed by atoms with E-state index in [1.165, 1.54) is 0 Å². The van der Waals surface area contributed by atoms with Crippen LogP contribution in [0.1, 0.15) is 25.8 Å². The van der Waals surface area contributed by atoms with Gasteiger partial charge in [0.05, 0.1) is 6.26 Å². The first-order chi connectivity index (χ1) is 12.7. The molecule has 0 aliphatic rings. The molecule has 0 aliphatic heterocycles. The Morgan fingerprint density at radius 1 is 1.07 bits per heavy atom. The van der Waals surface area contributed by atoms with Crippen molar-refractivity contribution >= 4 is 21.8 Å². The standard InChI is InChI=1S/C20H26N2O4S/c1-16(2)13-14-22(20(23)21-18-7-5-4-6-8-18)15-17-9-11-19(12-10-17)26-27(3,24)25/h4-12,16H,13-15H2,1-3H3,(H,21,23). The fourth-order valence-electron chi connectivity index (χ4n) is 2.44. The molecule has 0 bridgehead atoms. The number of amides is 2. The number of rotatable bonds is 8. The van der Waals surface area contributed by atoms with Crippen LogP contribution in [0, 0.1) is 5.92 Å². The van der Waals surface area contributed by atoms with E-state index >= 15 is 0 Å². The Morgan fingerprint density at radius 3 is 2.26 bits per heavy atom. The van der Waals surface area contributed by atoms with Crippen LogP contribution in [0.25, 0.3) is 0 Å². The fourth-order valence-corrected chi connectivity index (χ4v) is 2.90. The third-order valence-electron chi connectivity index (χ3n) is 3.83. The first-order valence-electron chi connectivity index (χ1n) is 8.82. The monoisotopic (exact) mass is 390 g/mol. The van der Waals surface area contributed by atoms with Gasteiger partial charge in [0.1, 0.15) is 5.75 Å². The maximum absolute atomic E-state index is 12.7. The average molecular weight is 391 g/mol. The molecule has 0 heterocycles. The van der Waals surface area contributed by atoms with Crippen molar-refractivity contribution in [3.63, 3.8) is 0 Å². The van der Waals surface area contributed by atoms with E-state index in [9.17, 15) is 13.2 Å². The minimum absolute atomic E-state index is 0.168. The molecule has 0 spiro atoms. The van der Waals surface area contributed by atoms with E-state index in [4.69, 9.17) is 4.18 Å². The number of urea groups is 1. The Bertz CT molecular complexity index is 834. The number of carbonyl (C=O) groups excluding carboxylic acids is 1. The Labute approximate surface area is 161 Å². The normalized spacial score (nSPS) is 11.3. The van der Waals surface area contributed by atoms with Gasteiger partial charge in [0.2, 0.25) is 0 Å². The Balaban J connectivity index is 2.08. The van der Waals surface area contributed by atoms with Crippen molar-refractivity contribution in [1.29, 1.82) is 0 Å². The quantitative estimate of drug-likeness (QED) is 0.689. The Kier molecular flexibility index (Phi) is 7.24. The molecule has 6 nitrogen and oxygen atoms in total. The average Bonchev–Trinajstić information content (AvgIpc) is 2.59. The first-order valence-corrected chi connectivity index (χ1v) is 10.6. The van der Waals surface area contributed by atoms with E-state index in [1.54, 1.807) is 29.2 Å². The number of carbonyl (C=O) groups is 1. The zero-order chi connectivity index (χ0) is 19.9. The summed E-state index contributed by atoms with van der Waals surface area (Å²) in [6.07, 6.45) is 1.89. The van der Waals surface area contributed by atoms with Gasteiger partial charge >= 0.3 is 16.1 Å². The van der Waals surface area contributed by atoms with Crippen LogP contribution in [0.3, 0.4) is 0 Å². The SMILES string of the molecule is CC(C)CCN(Cc1ccc(OS(C)(=O)=O)cc1)C(=O)Nc1ccccc1. The topological polar surface area (TPSA) is 75.7 Å². The van der Waals surface area contributed by atoms with E-state index in [1.807, 2.05) is 30.3 Å². The van der Waals surface area contributed by atoms with E-state index < -0.39 is 10.1 Å². The van der Waals surface area contributed by atoms with Crippen molar-refractivity contribution in [3.05, 3.63) is 60.2 Å². The van der Waals surface area contributed by atoms with Crippen molar-refractivity contribution in [1.82, 2.24) is 4.90 Å². The molecule has 27 heavy (non-hydrogen) atoms. The van der Waals surface area contributed by atoms with E-state index in [-0.39, 0.29) is 11.8 Å². The van der Waals surface area contributed by atoms with Gasteiger partial charge in [-0.2, -0.15) is 8.42 Å². The lowest BCUT2D eigenvalue weighted by Gasteiger charge is -2.24. The third kappa shape index (κ3) is 7.70. The maximum atomic E-state index is 12.7. The molecule has 0 aliphatic carbocycles. The zero-order valence-corrected chi connectivity index (χ0v) is 16.7. The van der Waals surface area contributed by atoms with Gasteiger partial charge < -0.3 is 14.4 Å². The molecule has 0 unspecified atom stereocenters. The number of nitrogens with zero attached hydrogens (tertiary/aromatic N) is 1. The highest BCUT2D eigenvalue weighted by Crippen LogP contribution is 2.17. The second kappa shape index (κ2) is 9.41. The maximum Gasteiger partial charge on any atom is 0.322 e. The molecule has 2 amide bonds. The number of hydrogen-bond donors (Lipinski definition) is 1. The Morgan fingerprint density at radius 2 is 1.70 bits per heavy atom. The molecule has 0 saturated carbocycles. The molecule has 2 rings (SSSR count). The molecule has 0 saturated heterocycles. The van der Waals surface area contributed by atoms with Gasteiger partial charge in [-0.1, -0.05) is 44.2 Å². The van der Waals surface area contributed by atoms with E-state index in [2.05, 4.69) is 19.2 Å². The van der Waals surface area contributed by atoms with Gasteiger partial charge in [-0.15, -0.1) is 0 Å². The molecular weight excluding hydrogens is 364 g/mol. The first kappa shape index (κ1) is 20.8. The molecule has 0 atom stereocenters. The summed E-state index contributed by atoms with van der Waals surface area (Å²) in [5, 5.41) is 2.91. The number of hydrogen-bond acceptors (Lipinski definition) is 4. The summed E-state index contributed by atoms with van der Waals surface area (Å²) in [5.41, 5.74) is 1.64. The van der Waals surface area contributed by atoms with Gasteiger partial charge in [0.15, 0.2) is 0 Å². The highest BCUT2D eigenvalue weighted by atomic mass is 32.2. The summed E-state index contributed by atoms with van der Waals surface area (Å²) >= 11 is 0. The van der Waals surface area contributed by atoms with Crippen molar-refractivity contribution in [2.24, 2.45) is 5.92 Å². The number of para-hydroxylation sites is 1. The van der Waals surface area contributed by atoms with Gasteiger partial charge in [-0.3, -0.25) is 0 Å². The smallest absolute Gasteiger partial charge is 0.322 e. The van der Waals surface area contributed by atoms with Crippen LogP contribution in [0.15, 0.2) is 54.6 Å². The second-order valence-electron chi connectivity index (χ2n) is 6.83. The largest absolute Gasteiger partial charge is 0.383 e.